The van der Waals surface area contributed by atoms with E-state index < -0.39 is 17.8 Å². The first-order chi connectivity index (χ1) is 10.8. The second kappa shape index (κ2) is 7.28. The lowest BCUT2D eigenvalue weighted by molar-refractivity contribution is -0.137. The number of aliphatic hydroxyl groups is 1. The monoisotopic (exact) mass is 327 g/mol. The van der Waals surface area contributed by atoms with Gasteiger partial charge in [0.25, 0.3) is 0 Å². The van der Waals surface area contributed by atoms with Crippen LogP contribution in [0.4, 0.5) is 19.0 Å². The third-order valence-electron chi connectivity index (χ3n) is 2.93. The molecule has 0 saturated carbocycles. The van der Waals surface area contributed by atoms with Gasteiger partial charge in [-0.1, -0.05) is 6.07 Å². The molecule has 5 nitrogen and oxygen atoms in total. The highest BCUT2D eigenvalue weighted by Crippen LogP contribution is 2.31. The molecule has 1 heterocycles. The van der Waals surface area contributed by atoms with E-state index in [9.17, 15) is 18.3 Å². The molecule has 1 unspecified atom stereocenters. The number of benzene rings is 1. The van der Waals surface area contributed by atoms with Crippen molar-refractivity contribution in [3.05, 3.63) is 47.9 Å². The molecule has 1 aromatic carbocycles. The molecule has 23 heavy (non-hydrogen) atoms. The summed E-state index contributed by atoms with van der Waals surface area (Å²) in [6.07, 6.45) is -3.94. The predicted molar refractivity (Wildman–Crippen MR) is 78.2 cm³/mol. The van der Waals surface area contributed by atoms with Crippen LogP contribution in [-0.2, 0) is 6.18 Å². The molecule has 0 amide bonds. The van der Waals surface area contributed by atoms with E-state index in [4.69, 9.17) is 4.74 Å². The summed E-state index contributed by atoms with van der Waals surface area (Å²) in [4.78, 5) is 7.91. The molecule has 1 atom stereocenters. The summed E-state index contributed by atoms with van der Waals surface area (Å²) in [5, 5.41) is 12.7. The first-order valence-electron chi connectivity index (χ1n) is 6.85. The number of anilines is 1. The lowest BCUT2D eigenvalue weighted by atomic mass is 10.2. The normalized spacial score (nSPS) is 12.7. The fraction of sp³-hybridized carbons (Fsp3) is 0.333. The third kappa shape index (κ3) is 5.41. The minimum atomic E-state index is -4.43. The largest absolute Gasteiger partial charge is 0.491 e. The van der Waals surface area contributed by atoms with Crippen molar-refractivity contribution in [2.75, 3.05) is 18.5 Å². The second-order valence-corrected chi connectivity index (χ2v) is 4.92. The molecule has 0 bridgehead atoms. The Morgan fingerprint density at radius 1 is 1.26 bits per heavy atom. The van der Waals surface area contributed by atoms with Crippen molar-refractivity contribution in [1.82, 2.24) is 9.97 Å². The smallest absolute Gasteiger partial charge is 0.416 e. The Bertz CT molecular complexity index is 650. The van der Waals surface area contributed by atoms with Crippen molar-refractivity contribution in [3.63, 3.8) is 0 Å². The van der Waals surface area contributed by atoms with Gasteiger partial charge in [-0.25, -0.2) is 9.97 Å². The van der Waals surface area contributed by atoms with E-state index in [-0.39, 0.29) is 18.9 Å². The quantitative estimate of drug-likeness (QED) is 0.854. The highest BCUT2D eigenvalue weighted by atomic mass is 19.4. The van der Waals surface area contributed by atoms with E-state index in [0.717, 1.165) is 17.8 Å². The second-order valence-electron chi connectivity index (χ2n) is 4.92. The van der Waals surface area contributed by atoms with Crippen molar-refractivity contribution in [2.24, 2.45) is 0 Å². The van der Waals surface area contributed by atoms with Gasteiger partial charge in [-0.05, 0) is 25.1 Å². The number of hydrogen-bond donors (Lipinski definition) is 2. The molecule has 124 valence electrons. The molecular formula is C15H16F3N3O2. The lowest BCUT2D eigenvalue weighted by Crippen LogP contribution is -2.26. The summed E-state index contributed by atoms with van der Waals surface area (Å²) in [6.45, 7) is 1.81. The molecule has 0 spiro atoms. The maximum atomic E-state index is 12.6. The number of aromatic nitrogens is 2. The van der Waals surface area contributed by atoms with E-state index in [1.54, 1.807) is 13.0 Å². The number of rotatable bonds is 6. The summed E-state index contributed by atoms with van der Waals surface area (Å²) in [5.74, 6) is 0.604. The minimum absolute atomic E-state index is 0.0526. The number of nitrogens with zero attached hydrogens (tertiary/aromatic N) is 2. The van der Waals surface area contributed by atoms with Crippen molar-refractivity contribution in [3.8, 4) is 5.75 Å². The molecule has 2 rings (SSSR count). The van der Waals surface area contributed by atoms with Crippen LogP contribution in [0.5, 0.6) is 5.75 Å². The number of aliphatic hydroxyl groups excluding tert-OH is 1. The Balaban J connectivity index is 1.83. The fourth-order valence-electron chi connectivity index (χ4n) is 1.79. The van der Waals surface area contributed by atoms with Crippen LogP contribution in [0.15, 0.2) is 36.7 Å². The van der Waals surface area contributed by atoms with E-state index >= 15 is 0 Å². The maximum absolute atomic E-state index is 12.6. The molecule has 2 aromatic rings. The van der Waals surface area contributed by atoms with Gasteiger partial charge in [-0.15, -0.1) is 0 Å². The van der Waals surface area contributed by atoms with Crippen LogP contribution in [-0.4, -0.2) is 34.3 Å². The Morgan fingerprint density at radius 3 is 2.74 bits per heavy atom. The average Bonchev–Trinajstić information content (AvgIpc) is 2.50. The van der Waals surface area contributed by atoms with Gasteiger partial charge >= 0.3 is 6.18 Å². The third-order valence-corrected chi connectivity index (χ3v) is 2.93. The Kier molecular flexibility index (Phi) is 5.38. The topological polar surface area (TPSA) is 67.3 Å². The minimum Gasteiger partial charge on any atom is -0.491 e. The van der Waals surface area contributed by atoms with Crippen LogP contribution in [0.2, 0.25) is 0 Å². The van der Waals surface area contributed by atoms with Crippen LogP contribution in [0.1, 0.15) is 11.3 Å². The number of halogens is 3. The van der Waals surface area contributed by atoms with Gasteiger partial charge in [-0.2, -0.15) is 13.2 Å². The zero-order valence-electron chi connectivity index (χ0n) is 12.3. The summed E-state index contributed by atoms with van der Waals surface area (Å²) < 4.78 is 42.9. The van der Waals surface area contributed by atoms with Crippen LogP contribution in [0.3, 0.4) is 0 Å². The van der Waals surface area contributed by atoms with E-state index in [0.29, 0.717) is 5.82 Å². The molecule has 0 radical (unpaired) electrons. The molecule has 0 aliphatic heterocycles. The Morgan fingerprint density at radius 2 is 2.04 bits per heavy atom. The highest BCUT2D eigenvalue weighted by molar-refractivity contribution is 5.34. The van der Waals surface area contributed by atoms with Crippen molar-refractivity contribution in [2.45, 2.75) is 19.2 Å². The number of hydrogen-bond acceptors (Lipinski definition) is 5. The Hall–Kier alpha value is -2.35. The van der Waals surface area contributed by atoms with Gasteiger partial charge in [0.15, 0.2) is 0 Å². The fourth-order valence-corrected chi connectivity index (χ4v) is 1.79. The zero-order chi connectivity index (χ0) is 16.9. The van der Waals surface area contributed by atoms with E-state index in [2.05, 4.69) is 15.3 Å². The van der Waals surface area contributed by atoms with E-state index in [1.807, 2.05) is 0 Å². The number of ether oxygens (including phenoxy) is 1. The first kappa shape index (κ1) is 17.0. The van der Waals surface area contributed by atoms with Crippen LogP contribution in [0.25, 0.3) is 0 Å². The van der Waals surface area contributed by atoms with Gasteiger partial charge in [0, 0.05) is 18.3 Å². The predicted octanol–water partition coefficient (Wildman–Crippen LogP) is 2.66. The van der Waals surface area contributed by atoms with Crippen LogP contribution in [0, 0.1) is 6.92 Å². The molecule has 0 fully saturated rings. The van der Waals surface area contributed by atoms with Crippen LogP contribution >= 0.6 is 0 Å². The van der Waals surface area contributed by atoms with Crippen molar-refractivity contribution in [1.29, 1.82) is 0 Å². The summed E-state index contributed by atoms with van der Waals surface area (Å²) in [6, 6.07) is 6.23. The summed E-state index contributed by atoms with van der Waals surface area (Å²) in [5.41, 5.74) is -0.0173. The van der Waals surface area contributed by atoms with Crippen molar-refractivity contribution >= 4 is 5.82 Å². The summed E-state index contributed by atoms with van der Waals surface area (Å²) >= 11 is 0. The lowest BCUT2D eigenvalue weighted by Gasteiger charge is -2.14. The van der Waals surface area contributed by atoms with E-state index in [1.165, 1.54) is 18.5 Å². The summed E-state index contributed by atoms with van der Waals surface area (Å²) in [7, 11) is 0. The number of nitrogens with one attached hydrogen (secondary N) is 1. The van der Waals surface area contributed by atoms with Gasteiger partial charge in [0.05, 0.1) is 5.56 Å². The molecule has 2 N–H and O–H groups in total. The van der Waals surface area contributed by atoms with Crippen LogP contribution < -0.4 is 10.1 Å². The van der Waals surface area contributed by atoms with Gasteiger partial charge < -0.3 is 15.2 Å². The number of alkyl halides is 3. The van der Waals surface area contributed by atoms with Gasteiger partial charge in [-0.3, -0.25) is 0 Å². The van der Waals surface area contributed by atoms with Gasteiger partial charge in [0.1, 0.15) is 30.6 Å². The zero-order valence-corrected chi connectivity index (χ0v) is 12.3. The molecule has 1 aromatic heterocycles. The van der Waals surface area contributed by atoms with Gasteiger partial charge in [0.2, 0.25) is 0 Å². The van der Waals surface area contributed by atoms with Crippen molar-refractivity contribution < 1.29 is 23.0 Å². The molecule has 0 aliphatic carbocycles. The molecule has 8 heteroatoms. The average molecular weight is 327 g/mol. The SMILES string of the molecule is Cc1cc(NCC(O)COc2cccc(C(F)(F)F)c2)ncn1. The standard InChI is InChI=1S/C15H16F3N3O2/c1-10-5-14(21-9-20-10)19-7-12(22)8-23-13-4-2-3-11(6-13)15(16,17)18/h2-6,9,12,22H,7-8H2,1H3,(H,19,20,21). The highest BCUT2D eigenvalue weighted by Gasteiger charge is 2.30. The first-order valence-corrected chi connectivity index (χ1v) is 6.85. The maximum Gasteiger partial charge on any atom is 0.416 e. The molecular weight excluding hydrogens is 311 g/mol. The number of aryl methyl sites for hydroxylation is 1. The molecule has 0 saturated heterocycles. The molecule has 0 aliphatic rings. The Labute approximate surface area is 131 Å².